The lowest BCUT2D eigenvalue weighted by Crippen LogP contribution is -2.38. The Morgan fingerprint density at radius 3 is 2.49 bits per heavy atom. The Labute approximate surface area is 216 Å². The van der Waals surface area contributed by atoms with Crippen molar-refractivity contribution in [1.82, 2.24) is 24.2 Å². The van der Waals surface area contributed by atoms with Gasteiger partial charge in [0.2, 0.25) is 0 Å². The maximum Gasteiger partial charge on any atom is 0.170 e. The van der Waals surface area contributed by atoms with E-state index in [0.717, 1.165) is 73.7 Å². The standard InChI is InChI=1S/C28H33N5O4/c1-4-5-25(34)28-26(35-2)15-22(16-27(28)36-3)33-19-29-23-14-20(6-7-24(23)33)21-17-30-32(18-21)9-8-31-10-12-37-13-11-31/h6-7,14-19H,4-5,8-13H2,1-3H3. The molecule has 9 heteroatoms. The number of carbonyl (C=O) groups is 1. The van der Waals surface area contributed by atoms with Gasteiger partial charge in [-0.1, -0.05) is 13.0 Å². The number of ketones is 1. The average Bonchev–Trinajstić information content (AvgIpc) is 3.59. The van der Waals surface area contributed by atoms with E-state index in [4.69, 9.17) is 14.2 Å². The molecule has 4 aromatic rings. The van der Waals surface area contributed by atoms with Crippen LogP contribution in [0.5, 0.6) is 11.5 Å². The molecule has 37 heavy (non-hydrogen) atoms. The van der Waals surface area contributed by atoms with E-state index in [1.807, 2.05) is 34.5 Å². The quantitative estimate of drug-likeness (QED) is 0.300. The van der Waals surface area contributed by atoms with E-state index in [2.05, 4.69) is 39.4 Å². The number of nitrogens with zero attached hydrogens (tertiary/aromatic N) is 5. The molecule has 2 aromatic heterocycles. The van der Waals surface area contributed by atoms with Crippen LogP contribution in [-0.4, -0.2) is 77.1 Å². The van der Waals surface area contributed by atoms with Gasteiger partial charge in [0.05, 0.1) is 56.9 Å². The molecule has 9 nitrogen and oxygen atoms in total. The van der Waals surface area contributed by atoms with Gasteiger partial charge in [0, 0.05) is 49.9 Å². The van der Waals surface area contributed by atoms with Gasteiger partial charge in [-0.05, 0) is 24.1 Å². The number of fused-ring (bicyclic) bond motifs is 1. The summed E-state index contributed by atoms with van der Waals surface area (Å²) in [5, 5.41) is 4.56. The third kappa shape index (κ3) is 5.23. The molecule has 2 aromatic carbocycles. The first-order chi connectivity index (χ1) is 18.1. The van der Waals surface area contributed by atoms with Gasteiger partial charge in [0.25, 0.3) is 0 Å². The second kappa shape index (κ2) is 11.1. The van der Waals surface area contributed by atoms with Gasteiger partial charge in [-0.2, -0.15) is 5.10 Å². The maximum atomic E-state index is 12.7. The highest BCUT2D eigenvalue weighted by molar-refractivity contribution is 6.01. The summed E-state index contributed by atoms with van der Waals surface area (Å²) in [6.07, 6.45) is 6.96. The molecule has 194 valence electrons. The third-order valence-electron chi connectivity index (χ3n) is 6.79. The summed E-state index contributed by atoms with van der Waals surface area (Å²) in [7, 11) is 3.14. The smallest absolute Gasteiger partial charge is 0.170 e. The number of aromatic nitrogens is 4. The molecule has 1 fully saturated rings. The maximum absolute atomic E-state index is 12.7. The van der Waals surface area contributed by atoms with Gasteiger partial charge in [-0.25, -0.2) is 4.98 Å². The molecule has 0 unspecified atom stereocenters. The molecule has 1 aliphatic rings. The normalized spacial score (nSPS) is 14.2. The topological polar surface area (TPSA) is 83.6 Å². The second-order valence-corrected chi connectivity index (χ2v) is 9.16. The van der Waals surface area contributed by atoms with Gasteiger partial charge in [0.15, 0.2) is 5.78 Å². The van der Waals surface area contributed by atoms with Crippen molar-refractivity contribution in [3.05, 3.63) is 54.6 Å². The van der Waals surface area contributed by atoms with Crippen LogP contribution in [0.25, 0.3) is 27.8 Å². The number of methoxy groups -OCH3 is 2. The Kier molecular flexibility index (Phi) is 7.52. The van der Waals surface area contributed by atoms with Gasteiger partial charge in [-0.3, -0.25) is 18.9 Å². The average molecular weight is 504 g/mol. The molecule has 0 aliphatic carbocycles. The fourth-order valence-electron chi connectivity index (χ4n) is 4.77. The van der Waals surface area contributed by atoms with E-state index >= 15 is 0 Å². The number of ether oxygens (including phenoxy) is 3. The van der Waals surface area contributed by atoms with E-state index in [1.54, 1.807) is 20.5 Å². The summed E-state index contributed by atoms with van der Waals surface area (Å²) in [5.74, 6) is 1.000. The molecule has 0 radical (unpaired) electrons. The van der Waals surface area contributed by atoms with Crippen LogP contribution >= 0.6 is 0 Å². The Bertz CT molecular complexity index is 1360. The molecular formula is C28H33N5O4. The first-order valence-corrected chi connectivity index (χ1v) is 12.7. The molecule has 5 rings (SSSR count). The zero-order valence-electron chi connectivity index (χ0n) is 21.6. The highest BCUT2D eigenvalue weighted by Gasteiger charge is 2.20. The van der Waals surface area contributed by atoms with Crippen LogP contribution in [-0.2, 0) is 11.3 Å². The number of rotatable bonds is 10. The van der Waals surface area contributed by atoms with E-state index in [1.165, 1.54) is 0 Å². The largest absolute Gasteiger partial charge is 0.496 e. The van der Waals surface area contributed by atoms with Crippen LogP contribution in [0, 0.1) is 0 Å². The van der Waals surface area contributed by atoms with Crippen molar-refractivity contribution in [1.29, 1.82) is 0 Å². The number of morpholine rings is 1. The summed E-state index contributed by atoms with van der Waals surface area (Å²) >= 11 is 0. The van der Waals surface area contributed by atoms with E-state index < -0.39 is 0 Å². The molecule has 0 amide bonds. The summed E-state index contributed by atoms with van der Waals surface area (Å²) in [4.78, 5) is 19.8. The zero-order valence-corrected chi connectivity index (χ0v) is 21.6. The predicted molar refractivity (Wildman–Crippen MR) is 142 cm³/mol. The Morgan fingerprint density at radius 2 is 1.78 bits per heavy atom. The summed E-state index contributed by atoms with van der Waals surface area (Å²) in [5.41, 5.74) is 5.22. The summed E-state index contributed by atoms with van der Waals surface area (Å²) < 4.78 is 20.6. The molecule has 0 saturated carbocycles. The number of carbonyl (C=O) groups excluding carboxylic acids is 1. The Balaban J connectivity index is 1.40. The number of hydrogen-bond donors (Lipinski definition) is 0. The fourth-order valence-corrected chi connectivity index (χ4v) is 4.77. The lowest BCUT2D eigenvalue weighted by molar-refractivity contribution is 0.0360. The van der Waals surface area contributed by atoms with Crippen LogP contribution in [0.2, 0.25) is 0 Å². The summed E-state index contributed by atoms with van der Waals surface area (Å²) in [6.45, 7) is 7.34. The van der Waals surface area contributed by atoms with Crippen LogP contribution in [0.4, 0.5) is 0 Å². The molecule has 0 atom stereocenters. The predicted octanol–water partition coefficient (Wildman–Crippen LogP) is 4.22. The van der Waals surface area contributed by atoms with Crippen LogP contribution in [0.1, 0.15) is 30.1 Å². The number of Topliss-reactive ketones (excluding diaryl/α,β-unsaturated/α-hetero) is 1. The second-order valence-electron chi connectivity index (χ2n) is 9.16. The van der Waals surface area contributed by atoms with Crippen LogP contribution in [0.3, 0.4) is 0 Å². The lowest BCUT2D eigenvalue weighted by Gasteiger charge is -2.26. The van der Waals surface area contributed by atoms with Crippen molar-refractivity contribution >= 4 is 16.8 Å². The molecule has 0 N–H and O–H groups in total. The van der Waals surface area contributed by atoms with E-state index in [0.29, 0.717) is 23.5 Å². The number of hydrogen-bond acceptors (Lipinski definition) is 7. The fraction of sp³-hybridized carbons (Fsp3) is 0.393. The summed E-state index contributed by atoms with van der Waals surface area (Å²) in [6, 6.07) is 9.93. The van der Waals surface area contributed by atoms with Gasteiger partial charge in [-0.15, -0.1) is 0 Å². The van der Waals surface area contributed by atoms with E-state index in [9.17, 15) is 4.79 Å². The highest BCUT2D eigenvalue weighted by Crippen LogP contribution is 2.35. The van der Waals surface area contributed by atoms with Gasteiger partial charge >= 0.3 is 0 Å². The first kappa shape index (κ1) is 25.0. The monoisotopic (exact) mass is 503 g/mol. The minimum atomic E-state index is 0.00775. The molecule has 1 aliphatic heterocycles. The van der Waals surface area contributed by atoms with Crippen molar-refractivity contribution in [2.75, 3.05) is 47.1 Å². The van der Waals surface area contributed by atoms with Crippen LogP contribution < -0.4 is 9.47 Å². The van der Waals surface area contributed by atoms with Crippen molar-refractivity contribution in [2.45, 2.75) is 26.3 Å². The van der Waals surface area contributed by atoms with E-state index in [-0.39, 0.29) is 5.78 Å². The van der Waals surface area contributed by atoms with Crippen molar-refractivity contribution in [3.63, 3.8) is 0 Å². The molecule has 1 saturated heterocycles. The Morgan fingerprint density at radius 1 is 1.03 bits per heavy atom. The first-order valence-electron chi connectivity index (χ1n) is 12.7. The van der Waals surface area contributed by atoms with Crippen molar-refractivity contribution in [2.24, 2.45) is 0 Å². The Hall–Kier alpha value is -3.69. The van der Waals surface area contributed by atoms with Gasteiger partial charge < -0.3 is 14.2 Å². The zero-order chi connectivity index (χ0) is 25.8. The molecule has 0 bridgehead atoms. The molecule has 3 heterocycles. The third-order valence-corrected chi connectivity index (χ3v) is 6.79. The molecular weight excluding hydrogens is 470 g/mol. The number of benzene rings is 2. The number of imidazole rings is 1. The SMILES string of the molecule is CCCC(=O)c1c(OC)cc(-n2cnc3cc(-c4cnn(CCN5CCOCC5)c4)ccc32)cc1OC. The van der Waals surface area contributed by atoms with Crippen molar-refractivity contribution < 1.29 is 19.0 Å². The lowest BCUT2D eigenvalue weighted by atomic mass is 10.0. The van der Waals surface area contributed by atoms with Crippen molar-refractivity contribution in [3.8, 4) is 28.3 Å². The van der Waals surface area contributed by atoms with Crippen LogP contribution in [0.15, 0.2) is 49.1 Å². The minimum absolute atomic E-state index is 0.00775. The minimum Gasteiger partial charge on any atom is -0.496 e. The molecule has 0 spiro atoms. The highest BCUT2D eigenvalue weighted by atomic mass is 16.5. The van der Waals surface area contributed by atoms with Gasteiger partial charge in [0.1, 0.15) is 23.4 Å².